The van der Waals surface area contributed by atoms with E-state index in [-0.39, 0.29) is 0 Å². The second kappa shape index (κ2) is 5.65. The summed E-state index contributed by atoms with van der Waals surface area (Å²) in [5.41, 5.74) is 1.18. The van der Waals surface area contributed by atoms with E-state index in [1.165, 1.54) is 16.0 Å². The van der Waals surface area contributed by atoms with Crippen LogP contribution in [-0.2, 0) is 0 Å². The number of hydrogen-bond donors (Lipinski definition) is 0. The molecule has 0 saturated carbocycles. The second-order valence-electron chi connectivity index (χ2n) is 5.96. The van der Waals surface area contributed by atoms with Crippen LogP contribution in [0.3, 0.4) is 0 Å². The molecular formula is C16H21ClSi2. The Morgan fingerprint density at radius 2 is 1.11 bits per heavy atom. The van der Waals surface area contributed by atoms with Crippen LogP contribution < -0.4 is 10.4 Å². The first kappa shape index (κ1) is 14.6. The van der Waals surface area contributed by atoms with Gasteiger partial charge in [0.05, 0.1) is 0 Å². The van der Waals surface area contributed by atoms with Gasteiger partial charge in [0.2, 0.25) is 0 Å². The number of halogens is 1. The largest absolute Gasteiger partial charge is 0.168 e. The molecule has 0 heterocycles. The summed E-state index contributed by atoms with van der Waals surface area (Å²) in [4.78, 5) is 0. The molecule has 0 aliphatic rings. The molecule has 0 N–H and O–H groups in total. The van der Waals surface area contributed by atoms with E-state index in [4.69, 9.17) is 11.1 Å². The van der Waals surface area contributed by atoms with E-state index >= 15 is 0 Å². The van der Waals surface area contributed by atoms with Gasteiger partial charge in [-0.3, -0.25) is 0 Å². The van der Waals surface area contributed by atoms with Crippen molar-refractivity contribution in [2.75, 3.05) is 0 Å². The van der Waals surface area contributed by atoms with Crippen LogP contribution in [0.5, 0.6) is 0 Å². The van der Waals surface area contributed by atoms with Gasteiger partial charge in [-0.05, 0) is 5.67 Å². The van der Waals surface area contributed by atoms with Gasteiger partial charge in [0.25, 0.3) is 0 Å². The minimum Gasteiger partial charge on any atom is -0.168 e. The molecule has 0 saturated heterocycles. The van der Waals surface area contributed by atoms with E-state index in [1.54, 1.807) is 0 Å². The van der Waals surface area contributed by atoms with E-state index in [9.17, 15) is 0 Å². The smallest absolute Gasteiger partial charge is 0.148 e. The SMILES string of the molecule is C[Si](C)(Cl)C[Si](C)(c1ccccc1)c1ccccc1. The first-order valence-corrected chi connectivity index (χ1v) is 13.6. The van der Waals surface area contributed by atoms with Crippen LogP contribution in [0.25, 0.3) is 0 Å². The van der Waals surface area contributed by atoms with Crippen LogP contribution in [0.2, 0.25) is 25.3 Å². The molecule has 0 bridgehead atoms. The van der Waals surface area contributed by atoms with Crippen molar-refractivity contribution in [1.82, 2.24) is 0 Å². The normalized spacial score (nSPS) is 12.4. The van der Waals surface area contributed by atoms with Crippen molar-refractivity contribution in [3.05, 3.63) is 60.7 Å². The molecule has 0 aliphatic carbocycles. The molecule has 2 aromatic rings. The first-order valence-electron chi connectivity index (χ1n) is 6.72. The fourth-order valence-corrected chi connectivity index (χ4v) is 15.8. The molecule has 2 rings (SSSR count). The fraction of sp³-hybridized carbons (Fsp3) is 0.250. The minimum atomic E-state index is -1.71. The highest BCUT2D eigenvalue weighted by Crippen LogP contribution is 2.23. The van der Waals surface area contributed by atoms with Gasteiger partial charge in [-0.2, -0.15) is 11.1 Å². The zero-order chi connectivity index (χ0) is 13.9. The summed E-state index contributed by atoms with van der Waals surface area (Å²) in [7, 11) is -3.33. The highest BCUT2D eigenvalue weighted by atomic mass is 35.6. The Labute approximate surface area is 123 Å². The topological polar surface area (TPSA) is 0 Å². The van der Waals surface area contributed by atoms with E-state index < -0.39 is 15.5 Å². The van der Waals surface area contributed by atoms with Crippen molar-refractivity contribution in [3.8, 4) is 0 Å². The molecule has 0 nitrogen and oxygen atoms in total. The Morgan fingerprint density at radius 3 is 1.42 bits per heavy atom. The predicted molar refractivity (Wildman–Crippen MR) is 91.9 cm³/mol. The van der Waals surface area contributed by atoms with Gasteiger partial charge >= 0.3 is 0 Å². The van der Waals surface area contributed by atoms with Gasteiger partial charge in [-0.1, -0.05) is 90.7 Å². The molecule has 0 radical (unpaired) electrons. The third-order valence-corrected chi connectivity index (χ3v) is 14.2. The van der Waals surface area contributed by atoms with Gasteiger partial charge in [-0.15, -0.1) is 0 Å². The molecule has 3 heteroatoms. The predicted octanol–water partition coefficient (Wildman–Crippen LogP) is 3.86. The molecule has 0 spiro atoms. The summed E-state index contributed by atoms with van der Waals surface area (Å²) < 4.78 is 0. The van der Waals surface area contributed by atoms with Gasteiger partial charge in [-0.25, -0.2) is 0 Å². The summed E-state index contributed by atoms with van der Waals surface area (Å²) in [6.07, 6.45) is 0. The van der Waals surface area contributed by atoms with Crippen LogP contribution in [0.15, 0.2) is 60.7 Å². The molecule has 2 aromatic carbocycles. The van der Waals surface area contributed by atoms with E-state index in [0.717, 1.165) is 0 Å². The Hall–Kier alpha value is -0.836. The Bertz CT molecular complexity index is 478. The van der Waals surface area contributed by atoms with Gasteiger partial charge in [0.1, 0.15) is 15.5 Å². The van der Waals surface area contributed by atoms with Crippen LogP contribution in [-0.4, -0.2) is 15.5 Å². The molecule has 0 aliphatic heterocycles. The summed E-state index contributed by atoms with van der Waals surface area (Å²) in [5.74, 6) is 0. The van der Waals surface area contributed by atoms with E-state index in [0.29, 0.717) is 0 Å². The monoisotopic (exact) mass is 304 g/mol. The first-order chi connectivity index (χ1) is 8.92. The van der Waals surface area contributed by atoms with Crippen LogP contribution >= 0.6 is 11.1 Å². The zero-order valence-electron chi connectivity index (χ0n) is 11.9. The summed E-state index contributed by atoms with van der Waals surface area (Å²) in [6, 6.07) is 21.9. The van der Waals surface area contributed by atoms with Crippen molar-refractivity contribution >= 4 is 36.9 Å². The average Bonchev–Trinajstić information content (AvgIpc) is 2.39. The maximum absolute atomic E-state index is 6.69. The van der Waals surface area contributed by atoms with Crippen molar-refractivity contribution < 1.29 is 0 Å². The van der Waals surface area contributed by atoms with Crippen molar-refractivity contribution in [2.45, 2.75) is 25.3 Å². The molecule has 0 aromatic heterocycles. The third kappa shape index (κ3) is 3.59. The summed E-state index contributed by atoms with van der Waals surface area (Å²) in [5, 5.41) is 2.98. The lowest BCUT2D eigenvalue weighted by atomic mass is 10.4. The molecule has 0 fully saturated rings. The Morgan fingerprint density at radius 1 is 0.737 bits per heavy atom. The standard InChI is InChI=1S/C16H21ClSi2/c1-18(2,17)14-19(3,15-10-6-4-7-11-15)16-12-8-5-9-13-16/h4-13H,14H2,1-3H3. The molecule has 0 atom stereocenters. The lowest BCUT2D eigenvalue weighted by Gasteiger charge is -2.32. The summed E-state index contributed by atoms with van der Waals surface area (Å²) in [6.45, 7) is 6.96. The molecule has 19 heavy (non-hydrogen) atoms. The van der Waals surface area contributed by atoms with Gasteiger partial charge in [0, 0.05) is 0 Å². The molecule has 100 valence electrons. The lowest BCUT2D eigenvalue weighted by molar-refractivity contribution is 1.60. The molecular weight excluding hydrogens is 284 g/mol. The Kier molecular flexibility index (Phi) is 4.34. The molecule has 0 unspecified atom stereocenters. The lowest BCUT2D eigenvalue weighted by Crippen LogP contribution is -2.58. The number of benzene rings is 2. The highest BCUT2D eigenvalue weighted by Gasteiger charge is 2.37. The minimum absolute atomic E-state index is 1.18. The van der Waals surface area contributed by atoms with Gasteiger partial charge < -0.3 is 0 Å². The maximum atomic E-state index is 6.69. The Balaban J connectivity index is 2.51. The van der Waals surface area contributed by atoms with E-state index in [1.807, 2.05) is 0 Å². The van der Waals surface area contributed by atoms with Crippen molar-refractivity contribution in [3.63, 3.8) is 0 Å². The van der Waals surface area contributed by atoms with Crippen LogP contribution in [0.4, 0.5) is 0 Å². The maximum Gasteiger partial charge on any atom is 0.148 e. The fourth-order valence-electron chi connectivity index (χ4n) is 2.82. The van der Waals surface area contributed by atoms with Crippen molar-refractivity contribution in [1.29, 1.82) is 0 Å². The van der Waals surface area contributed by atoms with Crippen LogP contribution in [0.1, 0.15) is 0 Å². The van der Waals surface area contributed by atoms with Crippen molar-refractivity contribution in [2.24, 2.45) is 0 Å². The van der Waals surface area contributed by atoms with E-state index in [2.05, 4.69) is 80.3 Å². The number of rotatable bonds is 4. The summed E-state index contributed by atoms with van der Waals surface area (Å²) >= 11 is 6.69. The highest BCUT2D eigenvalue weighted by molar-refractivity contribution is 7.26. The second-order valence-corrected chi connectivity index (χ2v) is 17.7. The quantitative estimate of drug-likeness (QED) is 0.594. The van der Waals surface area contributed by atoms with Gasteiger partial charge in [0.15, 0.2) is 0 Å². The molecule has 0 amide bonds. The van der Waals surface area contributed by atoms with Crippen LogP contribution in [0, 0.1) is 0 Å². The zero-order valence-corrected chi connectivity index (χ0v) is 14.6. The average molecular weight is 305 g/mol. The number of hydrogen-bond acceptors (Lipinski definition) is 0. The third-order valence-electron chi connectivity index (χ3n) is 3.60.